The number of nitro benzene ring substituents is 1. The van der Waals surface area contributed by atoms with Gasteiger partial charge in [-0.25, -0.2) is 0 Å². The third-order valence-electron chi connectivity index (χ3n) is 3.92. The van der Waals surface area contributed by atoms with E-state index in [4.69, 9.17) is 4.52 Å². The van der Waals surface area contributed by atoms with Crippen LogP contribution in [0.2, 0.25) is 0 Å². The maximum Gasteiger partial charge on any atom is 0.278 e. The quantitative estimate of drug-likeness (QED) is 0.694. The minimum Gasteiger partial charge on any atom is -0.360 e. The maximum absolute atomic E-state index is 12.4. The molecule has 1 aromatic carbocycles. The number of fused-ring (bicyclic) bond motifs is 1. The molecule has 1 N–H and O–H groups in total. The Morgan fingerprint density at radius 2 is 2.14 bits per heavy atom. The summed E-state index contributed by atoms with van der Waals surface area (Å²) in [6.45, 7) is 1.60. The van der Waals surface area contributed by atoms with Crippen LogP contribution >= 0.6 is 0 Å². The third-order valence-corrected chi connectivity index (χ3v) is 3.92. The van der Waals surface area contributed by atoms with Crippen LogP contribution in [-0.4, -0.2) is 16.0 Å². The molecule has 1 aliphatic rings. The molecule has 0 aliphatic heterocycles. The smallest absolute Gasteiger partial charge is 0.278 e. The van der Waals surface area contributed by atoms with Gasteiger partial charge in [-0.15, -0.1) is 0 Å². The Kier molecular flexibility index (Phi) is 3.62. The Balaban J connectivity index is 1.88. The van der Waals surface area contributed by atoms with Gasteiger partial charge in [-0.2, -0.15) is 0 Å². The van der Waals surface area contributed by atoms with Crippen molar-refractivity contribution in [1.29, 1.82) is 0 Å². The first-order chi connectivity index (χ1) is 10.6. The highest BCUT2D eigenvalue weighted by atomic mass is 16.6. The van der Waals surface area contributed by atoms with Gasteiger partial charge in [0.1, 0.15) is 5.76 Å². The van der Waals surface area contributed by atoms with Crippen molar-refractivity contribution in [1.82, 2.24) is 5.16 Å². The van der Waals surface area contributed by atoms with Gasteiger partial charge in [-0.05, 0) is 32.3 Å². The normalized spacial score (nSPS) is 13.5. The highest BCUT2D eigenvalue weighted by Crippen LogP contribution is 2.27. The molecule has 0 fully saturated rings. The lowest BCUT2D eigenvalue weighted by molar-refractivity contribution is -0.385. The first-order valence-electron chi connectivity index (χ1n) is 7.10. The van der Waals surface area contributed by atoms with Crippen LogP contribution in [0, 0.1) is 17.0 Å². The van der Waals surface area contributed by atoms with Crippen LogP contribution in [0.15, 0.2) is 22.7 Å². The zero-order valence-electron chi connectivity index (χ0n) is 12.1. The van der Waals surface area contributed by atoms with E-state index in [1.807, 2.05) is 0 Å². The van der Waals surface area contributed by atoms with Gasteiger partial charge in [0.05, 0.1) is 16.2 Å². The van der Waals surface area contributed by atoms with Crippen molar-refractivity contribution in [2.24, 2.45) is 0 Å². The number of carbonyl (C=O) groups excluding carboxylic acids is 1. The standard InChI is InChI=1S/C15H15N3O4/c1-9-11(6-4-7-12(9)18(20)21)16-15(19)14-10-5-2-3-8-13(10)22-17-14/h4,6-7H,2-3,5,8H2,1H3,(H,16,19). The van der Waals surface area contributed by atoms with E-state index in [9.17, 15) is 14.9 Å². The predicted molar refractivity (Wildman–Crippen MR) is 78.9 cm³/mol. The molecule has 7 nitrogen and oxygen atoms in total. The van der Waals surface area contributed by atoms with Crippen molar-refractivity contribution in [3.05, 3.63) is 50.9 Å². The Bertz CT molecular complexity index is 751. The van der Waals surface area contributed by atoms with Crippen LogP contribution in [-0.2, 0) is 12.8 Å². The zero-order valence-corrected chi connectivity index (χ0v) is 12.1. The van der Waals surface area contributed by atoms with Gasteiger partial charge < -0.3 is 9.84 Å². The number of hydrogen-bond donors (Lipinski definition) is 1. The fourth-order valence-electron chi connectivity index (χ4n) is 2.70. The average molecular weight is 301 g/mol. The first-order valence-corrected chi connectivity index (χ1v) is 7.10. The topological polar surface area (TPSA) is 98.3 Å². The van der Waals surface area contributed by atoms with E-state index < -0.39 is 10.8 Å². The van der Waals surface area contributed by atoms with Crippen LogP contribution in [0.1, 0.15) is 40.2 Å². The Labute approximate surface area is 126 Å². The molecular weight excluding hydrogens is 286 g/mol. The van der Waals surface area contributed by atoms with Crippen molar-refractivity contribution >= 4 is 17.3 Å². The SMILES string of the molecule is Cc1c(NC(=O)c2noc3c2CCCC3)cccc1[N+](=O)[O-]. The van der Waals surface area contributed by atoms with Gasteiger partial charge in [0.25, 0.3) is 11.6 Å². The van der Waals surface area contributed by atoms with Crippen molar-refractivity contribution < 1.29 is 14.2 Å². The average Bonchev–Trinajstić information content (AvgIpc) is 2.93. The summed E-state index contributed by atoms with van der Waals surface area (Å²) in [5.74, 6) is 0.377. The summed E-state index contributed by atoms with van der Waals surface area (Å²) in [4.78, 5) is 22.9. The molecule has 0 bridgehead atoms. The van der Waals surface area contributed by atoms with E-state index in [1.165, 1.54) is 6.07 Å². The van der Waals surface area contributed by atoms with E-state index in [0.717, 1.165) is 37.0 Å². The number of amides is 1. The Morgan fingerprint density at radius 1 is 1.36 bits per heavy atom. The number of nitrogens with one attached hydrogen (secondary N) is 1. The van der Waals surface area contributed by atoms with Crippen molar-refractivity contribution in [2.45, 2.75) is 32.6 Å². The number of nitrogens with zero attached hydrogens (tertiary/aromatic N) is 2. The van der Waals surface area contributed by atoms with Gasteiger partial charge in [0.2, 0.25) is 0 Å². The number of aromatic nitrogens is 1. The molecule has 0 saturated heterocycles. The van der Waals surface area contributed by atoms with Crippen LogP contribution in [0.25, 0.3) is 0 Å². The van der Waals surface area contributed by atoms with Gasteiger partial charge in [-0.1, -0.05) is 11.2 Å². The summed E-state index contributed by atoms with van der Waals surface area (Å²) in [6, 6.07) is 4.58. The van der Waals surface area contributed by atoms with E-state index >= 15 is 0 Å². The highest BCUT2D eigenvalue weighted by molar-refractivity contribution is 6.04. The third kappa shape index (κ3) is 2.45. The minimum atomic E-state index is -0.469. The summed E-state index contributed by atoms with van der Waals surface area (Å²) in [5, 5.41) is 17.5. The maximum atomic E-state index is 12.4. The minimum absolute atomic E-state index is 0.0278. The molecule has 114 valence electrons. The van der Waals surface area contributed by atoms with E-state index in [-0.39, 0.29) is 11.4 Å². The fraction of sp³-hybridized carbons (Fsp3) is 0.333. The molecule has 7 heteroatoms. The fourth-order valence-corrected chi connectivity index (χ4v) is 2.70. The number of aryl methyl sites for hydroxylation is 1. The van der Waals surface area contributed by atoms with E-state index in [0.29, 0.717) is 11.3 Å². The van der Waals surface area contributed by atoms with Gasteiger partial charge in [0.15, 0.2) is 5.69 Å². The highest BCUT2D eigenvalue weighted by Gasteiger charge is 2.25. The molecule has 1 amide bonds. The zero-order chi connectivity index (χ0) is 15.7. The molecule has 1 heterocycles. The van der Waals surface area contributed by atoms with Crippen molar-refractivity contribution in [3.63, 3.8) is 0 Å². The Morgan fingerprint density at radius 3 is 2.91 bits per heavy atom. The van der Waals surface area contributed by atoms with Crippen molar-refractivity contribution in [3.8, 4) is 0 Å². The molecule has 22 heavy (non-hydrogen) atoms. The summed E-state index contributed by atoms with van der Waals surface area (Å²) >= 11 is 0. The molecule has 0 unspecified atom stereocenters. The number of anilines is 1. The molecule has 1 aromatic heterocycles. The van der Waals surface area contributed by atoms with E-state index in [1.54, 1.807) is 19.1 Å². The van der Waals surface area contributed by atoms with Crippen LogP contribution in [0.3, 0.4) is 0 Å². The van der Waals surface area contributed by atoms with Crippen LogP contribution in [0.4, 0.5) is 11.4 Å². The lowest BCUT2D eigenvalue weighted by atomic mass is 9.96. The predicted octanol–water partition coefficient (Wildman–Crippen LogP) is 3.02. The first kappa shape index (κ1) is 14.2. The summed E-state index contributed by atoms with van der Waals surface area (Å²) in [5.41, 5.74) is 1.93. The monoisotopic (exact) mass is 301 g/mol. The summed E-state index contributed by atoms with van der Waals surface area (Å²) in [7, 11) is 0. The second-order valence-corrected chi connectivity index (χ2v) is 5.30. The van der Waals surface area contributed by atoms with Gasteiger partial charge >= 0.3 is 0 Å². The number of nitro groups is 1. The molecule has 1 aliphatic carbocycles. The molecular formula is C15H15N3O4. The number of carbonyl (C=O) groups is 1. The second kappa shape index (κ2) is 5.59. The number of hydrogen-bond acceptors (Lipinski definition) is 5. The molecule has 0 saturated carbocycles. The van der Waals surface area contributed by atoms with Crippen LogP contribution in [0.5, 0.6) is 0 Å². The molecule has 0 radical (unpaired) electrons. The number of benzene rings is 1. The molecule has 2 aromatic rings. The lowest BCUT2D eigenvalue weighted by Gasteiger charge is -2.10. The molecule has 0 spiro atoms. The number of rotatable bonds is 3. The lowest BCUT2D eigenvalue weighted by Crippen LogP contribution is -2.16. The molecule has 0 atom stereocenters. The van der Waals surface area contributed by atoms with Gasteiger partial charge in [0, 0.05) is 18.1 Å². The van der Waals surface area contributed by atoms with Gasteiger partial charge in [-0.3, -0.25) is 14.9 Å². The summed E-state index contributed by atoms with van der Waals surface area (Å²) in [6.07, 6.45) is 3.61. The molecule has 3 rings (SSSR count). The Hall–Kier alpha value is -2.70. The largest absolute Gasteiger partial charge is 0.360 e. The van der Waals surface area contributed by atoms with E-state index in [2.05, 4.69) is 10.5 Å². The van der Waals surface area contributed by atoms with Crippen molar-refractivity contribution in [2.75, 3.05) is 5.32 Å². The van der Waals surface area contributed by atoms with Crippen LogP contribution < -0.4 is 5.32 Å². The summed E-state index contributed by atoms with van der Waals surface area (Å²) < 4.78 is 5.22. The second-order valence-electron chi connectivity index (χ2n) is 5.30.